The van der Waals surface area contributed by atoms with Crippen LogP contribution in [0.15, 0.2) is 85.2 Å². The molecule has 0 bridgehead atoms. The van der Waals surface area contributed by atoms with Gasteiger partial charge in [-0.15, -0.1) is 0 Å². The lowest BCUT2D eigenvalue weighted by molar-refractivity contribution is 0.0879. The highest BCUT2D eigenvalue weighted by atomic mass is 16.2. The first-order valence-electron chi connectivity index (χ1n) is 9.93. The first-order valence-corrected chi connectivity index (χ1v) is 9.93. The molecule has 3 aromatic carbocycles. The first kappa shape index (κ1) is 17.5. The largest absolute Gasteiger partial charge is 0.288 e. The summed E-state index contributed by atoms with van der Waals surface area (Å²) in [5.41, 5.74) is 6.46. The number of amides is 2. The molecule has 146 valence electrons. The predicted octanol–water partition coefficient (Wildman–Crippen LogP) is 5.00. The number of pyridine rings is 2. The Morgan fingerprint density at radius 2 is 1.32 bits per heavy atom. The third-order valence-electron chi connectivity index (χ3n) is 5.73. The van der Waals surface area contributed by atoms with Crippen molar-refractivity contribution in [2.75, 3.05) is 0 Å². The Bertz CT molecular complexity index is 1560. The first-order chi connectivity index (χ1) is 15.2. The van der Waals surface area contributed by atoms with Crippen LogP contribution in [0.25, 0.3) is 44.1 Å². The van der Waals surface area contributed by atoms with Crippen molar-refractivity contribution in [3.8, 4) is 22.3 Å². The van der Waals surface area contributed by atoms with E-state index in [1.54, 1.807) is 24.5 Å². The van der Waals surface area contributed by atoms with E-state index >= 15 is 0 Å². The van der Waals surface area contributed by atoms with E-state index in [4.69, 9.17) is 0 Å². The van der Waals surface area contributed by atoms with E-state index in [0.717, 1.165) is 44.1 Å². The topological polar surface area (TPSA) is 72.0 Å². The van der Waals surface area contributed by atoms with Gasteiger partial charge in [0.2, 0.25) is 0 Å². The molecule has 0 atom stereocenters. The number of rotatable bonds is 2. The standard InChI is InChI=1S/C26H15N3O2/c30-25-20-10-9-15(13-22(20)26(31)29-25)17-6-1-2-7-18(17)21-14-16-5-3-11-27-23(16)24-19(21)8-4-12-28-24/h1-14H,(H,29,30,31). The highest BCUT2D eigenvalue weighted by Gasteiger charge is 2.27. The van der Waals surface area contributed by atoms with Crippen LogP contribution in [-0.2, 0) is 0 Å². The van der Waals surface area contributed by atoms with Gasteiger partial charge < -0.3 is 0 Å². The monoisotopic (exact) mass is 401 g/mol. The average Bonchev–Trinajstić information content (AvgIpc) is 3.11. The summed E-state index contributed by atoms with van der Waals surface area (Å²) >= 11 is 0. The fourth-order valence-electron chi connectivity index (χ4n) is 4.30. The Morgan fingerprint density at radius 3 is 2.19 bits per heavy atom. The lowest BCUT2D eigenvalue weighted by atomic mass is 9.90. The fourth-order valence-corrected chi connectivity index (χ4v) is 4.30. The minimum atomic E-state index is -0.356. The molecule has 5 nitrogen and oxygen atoms in total. The smallest absolute Gasteiger partial charge is 0.258 e. The van der Waals surface area contributed by atoms with Gasteiger partial charge in [-0.25, -0.2) is 0 Å². The molecule has 31 heavy (non-hydrogen) atoms. The van der Waals surface area contributed by atoms with Crippen molar-refractivity contribution < 1.29 is 9.59 Å². The van der Waals surface area contributed by atoms with E-state index in [1.165, 1.54) is 0 Å². The molecular formula is C26H15N3O2. The van der Waals surface area contributed by atoms with Gasteiger partial charge in [-0.3, -0.25) is 24.9 Å². The van der Waals surface area contributed by atoms with Gasteiger partial charge in [-0.2, -0.15) is 0 Å². The molecule has 0 saturated heterocycles. The minimum absolute atomic E-state index is 0.348. The van der Waals surface area contributed by atoms with Crippen molar-refractivity contribution >= 4 is 33.6 Å². The van der Waals surface area contributed by atoms with Crippen molar-refractivity contribution in [3.63, 3.8) is 0 Å². The molecule has 3 heterocycles. The Labute approximate surface area is 177 Å². The Kier molecular flexibility index (Phi) is 3.70. The molecular weight excluding hydrogens is 386 g/mol. The predicted molar refractivity (Wildman–Crippen MR) is 120 cm³/mol. The molecule has 2 amide bonds. The highest BCUT2D eigenvalue weighted by molar-refractivity contribution is 6.22. The summed E-state index contributed by atoms with van der Waals surface area (Å²) in [5, 5.41) is 4.38. The second-order valence-corrected chi connectivity index (χ2v) is 7.49. The summed E-state index contributed by atoms with van der Waals surface area (Å²) < 4.78 is 0. The SMILES string of the molecule is O=C1NC(=O)c2cc(-c3ccccc3-c3cc4cccnc4c4ncccc34)ccc21. The van der Waals surface area contributed by atoms with Crippen LogP contribution in [0.3, 0.4) is 0 Å². The van der Waals surface area contributed by atoms with Gasteiger partial charge in [-0.05, 0) is 52.6 Å². The maximum atomic E-state index is 12.2. The van der Waals surface area contributed by atoms with Crippen molar-refractivity contribution in [1.29, 1.82) is 0 Å². The maximum absolute atomic E-state index is 12.2. The summed E-state index contributed by atoms with van der Waals surface area (Å²) in [5.74, 6) is -0.704. The summed E-state index contributed by atoms with van der Waals surface area (Å²) in [6.07, 6.45) is 3.56. The summed E-state index contributed by atoms with van der Waals surface area (Å²) in [6, 6.07) is 23.5. The molecule has 5 aromatic rings. The van der Waals surface area contributed by atoms with Gasteiger partial charge in [-0.1, -0.05) is 42.5 Å². The number of imide groups is 1. The molecule has 5 heteroatoms. The van der Waals surface area contributed by atoms with Crippen molar-refractivity contribution in [2.24, 2.45) is 0 Å². The number of benzene rings is 3. The van der Waals surface area contributed by atoms with Gasteiger partial charge in [0.05, 0.1) is 22.2 Å². The zero-order valence-corrected chi connectivity index (χ0v) is 16.3. The lowest BCUT2D eigenvalue weighted by Gasteiger charge is -2.14. The van der Waals surface area contributed by atoms with Crippen LogP contribution in [0.1, 0.15) is 20.7 Å². The second kappa shape index (κ2) is 6.57. The number of carbonyl (C=O) groups excluding carboxylic acids is 2. The number of hydrogen-bond donors (Lipinski definition) is 1. The lowest BCUT2D eigenvalue weighted by Crippen LogP contribution is -2.19. The van der Waals surface area contributed by atoms with E-state index in [1.807, 2.05) is 42.5 Å². The zero-order chi connectivity index (χ0) is 20.9. The number of nitrogens with zero attached hydrogens (tertiary/aromatic N) is 2. The third kappa shape index (κ3) is 2.64. The molecule has 0 aliphatic carbocycles. The number of hydrogen-bond acceptors (Lipinski definition) is 4. The van der Waals surface area contributed by atoms with Gasteiger partial charge >= 0.3 is 0 Å². The molecule has 0 unspecified atom stereocenters. The number of aromatic nitrogens is 2. The summed E-state index contributed by atoms with van der Waals surface area (Å²) in [6.45, 7) is 0. The van der Waals surface area contributed by atoms with Crippen molar-refractivity contribution in [3.05, 3.63) is 96.3 Å². The summed E-state index contributed by atoms with van der Waals surface area (Å²) in [7, 11) is 0. The maximum Gasteiger partial charge on any atom is 0.258 e. The van der Waals surface area contributed by atoms with Gasteiger partial charge in [0.1, 0.15) is 0 Å². The number of fused-ring (bicyclic) bond motifs is 4. The second-order valence-electron chi connectivity index (χ2n) is 7.49. The molecule has 0 saturated carbocycles. The number of carbonyl (C=O) groups is 2. The van der Waals surface area contributed by atoms with Crippen LogP contribution in [-0.4, -0.2) is 21.8 Å². The summed E-state index contributed by atoms with van der Waals surface area (Å²) in [4.78, 5) is 33.3. The van der Waals surface area contributed by atoms with Crippen molar-refractivity contribution in [1.82, 2.24) is 15.3 Å². The molecule has 0 spiro atoms. The average molecular weight is 401 g/mol. The van der Waals surface area contributed by atoms with E-state index < -0.39 is 0 Å². The Balaban J connectivity index is 1.64. The molecule has 1 aliphatic rings. The van der Waals surface area contributed by atoms with E-state index in [9.17, 15) is 9.59 Å². The highest BCUT2D eigenvalue weighted by Crippen LogP contribution is 2.39. The molecule has 0 fully saturated rings. The van der Waals surface area contributed by atoms with Gasteiger partial charge in [0.25, 0.3) is 11.8 Å². The van der Waals surface area contributed by atoms with Crippen LogP contribution in [0.4, 0.5) is 0 Å². The van der Waals surface area contributed by atoms with Gasteiger partial charge in [0, 0.05) is 23.2 Å². The molecule has 1 N–H and O–H groups in total. The van der Waals surface area contributed by atoms with E-state index in [-0.39, 0.29) is 11.8 Å². The van der Waals surface area contributed by atoms with Crippen LogP contribution < -0.4 is 5.32 Å². The van der Waals surface area contributed by atoms with E-state index in [2.05, 4.69) is 33.5 Å². The fraction of sp³-hybridized carbons (Fsp3) is 0. The Morgan fingerprint density at radius 1 is 0.581 bits per heavy atom. The molecule has 6 rings (SSSR count). The third-order valence-corrected chi connectivity index (χ3v) is 5.73. The number of nitrogens with one attached hydrogen (secondary N) is 1. The van der Waals surface area contributed by atoms with Crippen LogP contribution in [0.5, 0.6) is 0 Å². The van der Waals surface area contributed by atoms with Crippen molar-refractivity contribution in [2.45, 2.75) is 0 Å². The van der Waals surface area contributed by atoms with Crippen LogP contribution in [0, 0.1) is 0 Å². The normalized spacial score (nSPS) is 12.9. The zero-order valence-electron chi connectivity index (χ0n) is 16.3. The quantitative estimate of drug-likeness (QED) is 0.334. The minimum Gasteiger partial charge on any atom is -0.288 e. The molecule has 1 aliphatic heterocycles. The molecule has 0 radical (unpaired) electrons. The molecule has 2 aromatic heterocycles. The van der Waals surface area contributed by atoms with Gasteiger partial charge in [0.15, 0.2) is 0 Å². The van der Waals surface area contributed by atoms with E-state index in [0.29, 0.717) is 11.1 Å². The Hall–Kier alpha value is -4.38. The van der Waals surface area contributed by atoms with Crippen LogP contribution >= 0.6 is 0 Å². The van der Waals surface area contributed by atoms with Crippen LogP contribution in [0.2, 0.25) is 0 Å².